The van der Waals surface area contributed by atoms with E-state index >= 15 is 0 Å². The summed E-state index contributed by atoms with van der Waals surface area (Å²) in [6.45, 7) is 10.5. The number of ether oxygens (including phenoxy) is 2. The molecule has 0 unspecified atom stereocenters. The molecule has 2 heterocycles. The zero-order valence-electron chi connectivity index (χ0n) is 21.9. The number of nitrogens with zero attached hydrogens (tertiary/aromatic N) is 2. The molecule has 1 atom stereocenters. The van der Waals surface area contributed by atoms with Gasteiger partial charge in [-0.05, 0) is 41.2 Å². The van der Waals surface area contributed by atoms with Crippen molar-refractivity contribution in [1.29, 1.82) is 0 Å². The summed E-state index contributed by atoms with van der Waals surface area (Å²) in [4.78, 5) is 30.3. The molecule has 0 aromatic heterocycles. The molecular weight excluding hydrogens is 475 g/mol. The van der Waals surface area contributed by atoms with Gasteiger partial charge in [0.2, 0.25) is 0 Å². The second-order valence-electron chi connectivity index (χ2n) is 10.5. The molecule has 2 aliphatic heterocycles. The lowest BCUT2D eigenvalue weighted by Crippen LogP contribution is -2.39. The van der Waals surface area contributed by atoms with Gasteiger partial charge in [-0.15, -0.1) is 0 Å². The number of aliphatic hydroxyl groups excluding tert-OH is 1. The molecule has 1 amide bonds. The Morgan fingerprint density at radius 3 is 2.35 bits per heavy atom. The normalized spacial score (nSPS) is 20.5. The Morgan fingerprint density at radius 2 is 1.76 bits per heavy atom. The molecule has 0 bridgehead atoms. The van der Waals surface area contributed by atoms with Crippen LogP contribution in [0.25, 0.3) is 5.76 Å². The van der Waals surface area contributed by atoms with E-state index in [2.05, 4.69) is 25.7 Å². The lowest BCUT2D eigenvalue weighted by Gasteiger charge is -2.29. The maximum absolute atomic E-state index is 14.4. The summed E-state index contributed by atoms with van der Waals surface area (Å²) < 4.78 is 24.8. The van der Waals surface area contributed by atoms with Crippen LogP contribution in [-0.2, 0) is 19.7 Å². The van der Waals surface area contributed by atoms with Crippen LogP contribution in [0.3, 0.4) is 0 Å². The number of ketones is 1. The van der Waals surface area contributed by atoms with Gasteiger partial charge in [-0.2, -0.15) is 0 Å². The average Bonchev–Trinajstić information content (AvgIpc) is 3.13. The van der Waals surface area contributed by atoms with Crippen molar-refractivity contribution in [2.45, 2.75) is 38.6 Å². The van der Waals surface area contributed by atoms with E-state index in [1.807, 2.05) is 24.3 Å². The minimum absolute atomic E-state index is 0.0226. The van der Waals surface area contributed by atoms with Gasteiger partial charge in [-0.3, -0.25) is 14.5 Å². The molecule has 0 saturated carbocycles. The van der Waals surface area contributed by atoms with Crippen LogP contribution in [0.4, 0.5) is 4.39 Å². The molecule has 7 nitrogen and oxygen atoms in total. The number of carbonyl (C=O) groups is 2. The highest BCUT2D eigenvalue weighted by Gasteiger charge is 2.46. The lowest BCUT2D eigenvalue weighted by atomic mass is 9.85. The fraction of sp³-hybridized carbons (Fsp3) is 0.448. The van der Waals surface area contributed by atoms with Gasteiger partial charge in [-0.25, -0.2) is 4.39 Å². The van der Waals surface area contributed by atoms with Gasteiger partial charge in [-0.1, -0.05) is 45.0 Å². The first-order valence-corrected chi connectivity index (χ1v) is 12.6. The maximum Gasteiger partial charge on any atom is 0.295 e. The Hall–Kier alpha value is -3.23. The number of rotatable bonds is 7. The van der Waals surface area contributed by atoms with E-state index in [9.17, 15) is 19.1 Å². The molecule has 0 spiro atoms. The number of Topliss-reactive ketones (excluding diaryl/α,β-unsaturated/α-hetero) is 1. The van der Waals surface area contributed by atoms with Crippen LogP contribution in [0.1, 0.15) is 49.9 Å². The van der Waals surface area contributed by atoms with E-state index in [0.29, 0.717) is 31.7 Å². The van der Waals surface area contributed by atoms with Crippen LogP contribution in [0.5, 0.6) is 5.75 Å². The van der Waals surface area contributed by atoms with Gasteiger partial charge < -0.3 is 19.5 Å². The molecule has 4 rings (SSSR count). The highest BCUT2D eigenvalue weighted by atomic mass is 19.1. The Balaban J connectivity index is 1.71. The molecule has 0 aliphatic carbocycles. The van der Waals surface area contributed by atoms with E-state index in [-0.39, 0.29) is 22.3 Å². The molecule has 198 valence electrons. The van der Waals surface area contributed by atoms with Crippen LogP contribution >= 0.6 is 0 Å². The van der Waals surface area contributed by atoms with Crippen molar-refractivity contribution in [3.8, 4) is 5.75 Å². The number of morpholine rings is 1. The number of aliphatic hydroxyl groups is 1. The third-order valence-corrected chi connectivity index (χ3v) is 7.03. The number of hydrogen-bond donors (Lipinski definition) is 1. The third-order valence-electron chi connectivity index (χ3n) is 7.03. The predicted molar refractivity (Wildman–Crippen MR) is 139 cm³/mol. The fourth-order valence-electron chi connectivity index (χ4n) is 4.88. The number of hydrogen-bond acceptors (Lipinski definition) is 6. The van der Waals surface area contributed by atoms with E-state index in [1.165, 1.54) is 24.1 Å². The van der Waals surface area contributed by atoms with Crippen LogP contribution in [0.2, 0.25) is 0 Å². The number of amides is 1. The summed E-state index contributed by atoms with van der Waals surface area (Å²) in [6.07, 6.45) is 0.667. The van der Waals surface area contributed by atoms with Crippen molar-refractivity contribution < 1.29 is 28.6 Å². The minimum atomic E-state index is -0.774. The lowest BCUT2D eigenvalue weighted by molar-refractivity contribution is -0.140. The smallest absolute Gasteiger partial charge is 0.295 e. The van der Waals surface area contributed by atoms with E-state index in [4.69, 9.17) is 9.47 Å². The van der Waals surface area contributed by atoms with Gasteiger partial charge in [0.05, 0.1) is 31.9 Å². The first kappa shape index (κ1) is 26.8. The van der Waals surface area contributed by atoms with Crippen molar-refractivity contribution in [2.75, 3.05) is 46.5 Å². The molecule has 1 N–H and O–H groups in total. The predicted octanol–water partition coefficient (Wildman–Crippen LogP) is 4.28. The topological polar surface area (TPSA) is 79.3 Å². The Morgan fingerprint density at radius 1 is 1.08 bits per heavy atom. The standard InChI is InChI=1S/C29H35FN2O5/c1-29(2,3)21-9-6-19(7-10-21)25-24(26(33)20-8-11-23(36-4)22(30)18-20)27(34)28(35)32(25)13-5-12-31-14-16-37-17-15-31/h6-11,18,25,33H,5,12-17H2,1-4H3/t25-/m0/s1. The van der Waals surface area contributed by atoms with E-state index < -0.39 is 29.3 Å². The van der Waals surface area contributed by atoms with Crippen LogP contribution < -0.4 is 4.74 Å². The Kier molecular flexibility index (Phi) is 7.99. The highest BCUT2D eigenvalue weighted by Crippen LogP contribution is 2.40. The minimum Gasteiger partial charge on any atom is -0.507 e. The average molecular weight is 511 g/mol. The second kappa shape index (κ2) is 11.0. The Labute approximate surface area is 217 Å². The van der Waals surface area contributed by atoms with Crippen molar-refractivity contribution >= 4 is 17.4 Å². The Bertz CT molecular complexity index is 1180. The monoisotopic (exact) mass is 510 g/mol. The summed E-state index contributed by atoms with van der Waals surface area (Å²) in [6, 6.07) is 11.0. The van der Waals surface area contributed by atoms with Gasteiger partial charge in [0, 0.05) is 31.7 Å². The molecule has 2 aliphatic rings. The molecule has 2 aromatic carbocycles. The quantitative estimate of drug-likeness (QED) is 0.340. The molecule has 2 aromatic rings. The SMILES string of the molecule is COc1ccc(C(O)=C2C(=O)C(=O)N(CCCN3CCOCC3)[C@H]2c2ccc(C(C)(C)C)cc2)cc1F. The number of benzene rings is 2. The fourth-order valence-corrected chi connectivity index (χ4v) is 4.88. The van der Waals surface area contributed by atoms with Gasteiger partial charge >= 0.3 is 0 Å². The summed E-state index contributed by atoms with van der Waals surface area (Å²) in [5.74, 6) is -2.49. The van der Waals surface area contributed by atoms with E-state index in [1.54, 1.807) is 0 Å². The van der Waals surface area contributed by atoms with Crippen molar-refractivity contribution in [3.05, 3.63) is 70.5 Å². The summed E-state index contributed by atoms with van der Waals surface area (Å²) in [5, 5.41) is 11.2. The summed E-state index contributed by atoms with van der Waals surface area (Å²) >= 11 is 0. The first-order chi connectivity index (χ1) is 17.6. The van der Waals surface area contributed by atoms with Crippen molar-refractivity contribution in [1.82, 2.24) is 9.80 Å². The maximum atomic E-state index is 14.4. The summed E-state index contributed by atoms with van der Waals surface area (Å²) in [5.41, 5.74) is 1.83. The van der Waals surface area contributed by atoms with Crippen LogP contribution in [0.15, 0.2) is 48.0 Å². The molecule has 0 radical (unpaired) electrons. The van der Waals surface area contributed by atoms with Gasteiger partial charge in [0.15, 0.2) is 11.6 Å². The van der Waals surface area contributed by atoms with Gasteiger partial charge in [0.25, 0.3) is 11.7 Å². The molecule has 37 heavy (non-hydrogen) atoms. The molecular formula is C29H35FN2O5. The largest absolute Gasteiger partial charge is 0.507 e. The number of methoxy groups -OCH3 is 1. The summed E-state index contributed by atoms with van der Waals surface area (Å²) in [7, 11) is 1.35. The van der Waals surface area contributed by atoms with Gasteiger partial charge in [0.1, 0.15) is 5.76 Å². The van der Waals surface area contributed by atoms with E-state index in [0.717, 1.165) is 31.3 Å². The first-order valence-electron chi connectivity index (χ1n) is 12.6. The zero-order chi connectivity index (χ0) is 26.7. The zero-order valence-corrected chi connectivity index (χ0v) is 21.9. The highest BCUT2D eigenvalue weighted by molar-refractivity contribution is 6.46. The van der Waals surface area contributed by atoms with Crippen LogP contribution in [-0.4, -0.2) is 73.1 Å². The number of halogens is 1. The van der Waals surface area contributed by atoms with Crippen molar-refractivity contribution in [2.24, 2.45) is 0 Å². The number of likely N-dealkylation sites (tertiary alicyclic amines) is 1. The molecule has 8 heteroatoms. The second-order valence-corrected chi connectivity index (χ2v) is 10.5. The van der Waals surface area contributed by atoms with Crippen molar-refractivity contribution in [3.63, 3.8) is 0 Å². The molecule has 2 saturated heterocycles. The molecule has 2 fully saturated rings. The third kappa shape index (κ3) is 5.70. The van der Waals surface area contributed by atoms with Crippen LogP contribution in [0, 0.1) is 5.82 Å². The number of carbonyl (C=O) groups excluding carboxylic acids is 2.